The first-order chi connectivity index (χ1) is 15.6. The second kappa shape index (κ2) is 11.6. The van der Waals surface area contributed by atoms with Crippen LogP contribution in [0, 0.1) is 0 Å². The maximum absolute atomic E-state index is 13.4. The van der Waals surface area contributed by atoms with Crippen LogP contribution >= 0.6 is 0 Å². The summed E-state index contributed by atoms with van der Waals surface area (Å²) in [4.78, 5) is 26.7. The topological polar surface area (TPSA) is 67.9 Å². The fraction of sp³-hybridized carbons (Fsp3) is 0.231. The predicted octanol–water partition coefficient (Wildman–Crippen LogP) is 3.71. The van der Waals surface area contributed by atoms with E-state index in [9.17, 15) is 9.59 Å². The number of benzene rings is 3. The van der Waals surface area contributed by atoms with Gasteiger partial charge in [0.25, 0.3) is 11.8 Å². The molecule has 6 heteroatoms. The Bertz CT molecular complexity index is 1020. The molecule has 0 saturated carbocycles. The van der Waals surface area contributed by atoms with Gasteiger partial charge in [0.1, 0.15) is 0 Å². The number of carbonyl (C=O) groups is 2. The van der Waals surface area contributed by atoms with Crippen LogP contribution in [0.2, 0.25) is 0 Å². The molecule has 0 heterocycles. The molecule has 32 heavy (non-hydrogen) atoms. The quantitative estimate of drug-likeness (QED) is 0.530. The van der Waals surface area contributed by atoms with Gasteiger partial charge in [-0.15, -0.1) is 0 Å². The van der Waals surface area contributed by atoms with E-state index < -0.39 is 0 Å². The molecule has 0 bridgehead atoms. The van der Waals surface area contributed by atoms with Crippen LogP contribution in [-0.4, -0.2) is 44.0 Å². The van der Waals surface area contributed by atoms with Gasteiger partial charge < -0.3 is 19.7 Å². The van der Waals surface area contributed by atoms with Crippen molar-refractivity contribution in [3.8, 4) is 11.5 Å². The molecule has 0 aliphatic rings. The SMILES string of the molecule is CNC(=O)COc1ccc(C(=O)N(CCc2ccccc2)Cc2ccccc2)cc1OC. The molecule has 3 rings (SSSR count). The number of nitrogens with zero attached hydrogens (tertiary/aromatic N) is 1. The molecule has 0 spiro atoms. The summed E-state index contributed by atoms with van der Waals surface area (Å²) in [5.74, 6) is 0.470. The highest BCUT2D eigenvalue weighted by molar-refractivity contribution is 5.95. The van der Waals surface area contributed by atoms with Crippen LogP contribution < -0.4 is 14.8 Å². The molecule has 3 aromatic rings. The second-order valence-electron chi connectivity index (χ2n) is 7.28. The van der Waals surface area contributed by atoms with Crippen molar-refractivity contribution in [1.82, 2.24) is 10.2 Å². The number of likely N-dealkylation sites (N-methyl/N-ethyl adjacent to an activating group) is 1. The number of methoxy groups -OCH3 is 1. The van der Waals surface area contributed by atoms with Crippen LogP contribution in [0.4, 0.5) is 0 Å². The van der Waals surface area contributed by atoms with Crippen molar-refractivity contribution in [2.45, 2.75) is 13.0 Å². The zero-order valence-corrected chi connectivity index (χ0v) is 18.4. The van der Waals surface area contributed by atoms with Crippen molar-refractivity contribution >= 4 is 11.8 Å². The molecule has 1 N–H and O–H groups in total. The maximum atomic E-state index is 13.4. The molecule has 0 aliphatic heterocycles. The summed E-state index contributed by atoms with van der Waals surface area (Å²) >= 11 is 0. The van der Waals surface area contributed by atoms with E-state index >= 15 is 0 Å². The lowest BCUT2D eigenvalue weighted by atomic mass is 10.1. The van der Waals surface area contributed by atoms with E-state index in [1.54, 1.807) is 25.2 Å². The molecule has 0 aromatic heterocycles. The smallest absolute Gasteiger partial charge is 0.257 e. The van der Waals surface area contributed by atoms with Crippen molar-refractivity contribution in [3.63, 3.8) is 0 Å². The third-order valence-electron chi connectivity index (χ3n) is 5.06. The van der Waals surface area contributed by atoms with Gasteiger partial charge in [-0.3, -0.25) is 9.59 Å². The highest BCUT2D eigenvalue weighted by Gasteiger charge is 2.19. The van der Waals surface area contributed by atoms with Crippen LogP contribution in [0.15, 0.2) is 78.9 Å². The summed E-state index contributed by atoms with van der Waals surface area (Å²) in [6.07, 6.45) is 0.754. The number of hydrogen-bond donors (Lipinski definition) is 1. The minimum absolute atomic E-state index is 0.0964. The van der Waals surface area contributed by atoms with Gasteiger partial charge in [0, 0.05) is 25.7 Å². The van der Waals surface area contributed by atoms with E-state index in [1.807, 2.05) is 53.4 Å². The summed E-state index contributed by atoms with van der Waals surface area (Å²) < 4.78 is 10.9. The highest BCUT2D eigenvalue weighted by atomic mass is 16.5. The van der Waals surface area contributed by atoms with Gasteiger partial charge in [-0.05, 0) is 35.7 Å². The Kier molecular flexibility index (Phi) is 8.26. The molecule has 0 aliphatic carbocycles. The third-order valence-corrected chi connectivity index (χ3v) is 5.06. The van der Waals surface area contributed by atoms with Crippen molar-refractivity contribution in [3.05, 3.63) is 95.6 Å². The van der Waals surface area contributed by atoms with Crippen molar-refractivity contribution in [1.29, 1.82) is 0 Å². The average Bonchev–Trinajstić information content (AvgIpc) is 2.85. The summed E-state index contributed by atoms with van der Waals surface area (Å²) in [7, 11) is 3.05. The van der Waals surface area contributed by atoms with Gasteiger partial charge >= 0.3 is 0 Å². The number of carbonyl (C=O) groups excluding carboxylic acids is 2. The summed E-state index contributed by atoms with van der Waals surface area (Å²) in [5.41, 5.74) is 2.73. The number of rotatable bonds is 10. The summed E-state index contributed by atoms with van der Waals surface area (Å²) in [5, 5.41) is 2.50. The molecule has 0 atom stereocenters. The summed E-state index contributed by atoms with van der Waals surface area (Å²) in [6.45, 7) is 0.954. The molecule has 0 saturated heterocycles. The van der Waals surface area contributed by atoms with Crippen LogP contribution in [0.5, 0.6) is 11.5 Å². The Morgan fingerprint density at radius 3 is 2.16 bits per heavy atom. The van der Waals surface area contributed by atoms with E-state index in [0.29, 0.717) is 30.2 Å². The van der Waals surface area contributed by atoms with Crippen molar-refractivity contribution in [2.75, 3.05) is 27.3 Å². The predicted molar refractivity (Wildman–Crippen MR) is 124 cm³/mol. The second-order valence-corrected chi connectivity index (χ2v) is 7.28. The van der Waals surface area contributed by atoms with E-state index in [2.05, 4.69) is 17.4 Å². The lowest BCUT2D eigenvalue weighted by Crippen LogP contribution is -2.32. The first kappa shape index (κ1) is 22.9. The van der Waals surface area contributed by atoms with Crippen LogP contribution in [0.3, 0.4) is 0 Å². The number of amides is 2. The zero-order valence-electron chi connectivity index (χ0n) is 18.4. The van der Waals surface area contributed by atoms with E-state index in [4.69, 9.17) is 9.47 Å². The monoisotopic (exact) mass is 432 g/mol. The zero-order chi connectivity index (χ0) is 22.8. The number of nitrogens with one attached hydrogen (secondary N) is 1. The van der Waals surface area contributed by atoms with Crippen LogP contribution in [0.1, 0.15) is 21.5 Å². The minimum atomic E-state index is -0.248. The Hall–Kier alpha value is -3.80. The van der Waals surface area contributed by atoms with E-state index in [1.165, 1.54) is 12.7 Å². The van der Waals surface area contributed by atoms with Gasteiger partial charge in [-0.25, -0.2) is 0 Å². The standard InChI is InChI=1S/C26H28N2O4/c1-27-25(29)19-32-23-14-13-22(17-24(23)31-2)26(30)28(18-21-11-7-4-8-12-21)16-15-20-9-5-3-6-10-20/h3-14,17H,15-16,18-19H2,1-2H3,(H,27,29). The van der Waals surface area contributed by atoms with Gasteiger partial charge in [0.05, 0.1) is 7.11 Å². The lowest BCUT2D eigenvalue weighted by Gasteiger charge is -2.24. The highest BCUT2D eigenvalue weighted by Crippen LogP contribution is 2.29. The Morgan fingerprint density at radius 2 is 1.53 bits per heavy atom. The Morgan fingerprint density at radius 1 is 0.875 bits per heavy atom. The molecule has 166 valence electrons. The van der Waals surface area contributed by atoms with Crippen molar-refractivity contribution < 1.29 is 19.1 Å². The molecule has 6 nitrogen and oxygen atoms in total. The van der Waals surface area contributed by atoms with E-state index in [-0.39, 0.29) is 18.4 Å². The van der Waals surface area contributed by atoms with Gasteiger partial charge in [-0.1, -0.05) is 60.7 Å². The average molecular weight is 433 g/mol. The van der Waals surface area contributed by atoms with Gasteiger partial charge in [-0.2, -0.15) is 0 Å². The van der Waals surface area contributed by atoms with Crippen LogP contribution in [-0.2, 0) is 17.8 Å². The molecule has 2 amide bonds. The molecule has 0 unspecified atom stereocenters. The third kappa shape index (κ3) is 6.35. The number of ether oxygens (including phenoxy) is 2. The Balaban J connectivity index is 1.79. The summed E-state index contributed by atoms with van der Waals surface area (Å²) in [6, 6.07) is 25.0. The van der Waals surface area contributed by atoms with Gasteiger partial charge in [0.2, 0.25) is 0 Å². The number of hydrogen-bond acceptors (Lipinski definition) is 4. The first-order valence-corrected chi connectivity index (χ1v) is 10.5. The lowest BCUT2D eigenvalue weighted by molar-refractivity contribution is -0.122. The minimum Gasteiger partial charge on any atom is -0.493 e. The molecular formula is C26H28N2O4. The fourth-order valence-electron chi connectivity index (χ4n) is 3.28. The maximum Gasteiger partial charge on any atom is 0.257 e. The van der Waals surface area contributed by atoms with Gasteiger partial charge in [0.15, 0.2) is 18.1 Å². The largest absolute Gasteiger partial charge is 0.493 e. The molecule has 0 radical (unpaired) electrons. The first-order valence-electron chi connectivity index (χ1n) is 10.5. The Labute approximate surface area is 188 Å². The van der Waals surface area contributed by atoms with Crippen LogP contribution in [0.25, 0.3) is 0 Å². The molecule has 0 fully saturated rings. The fourth-order valence-corrected chi connectivity index (χ4v) is 3.28. The molecular weight excluding hydrogens is 404 g/mol. The van der Waals surface area contributed by atoms with Crippen molar-refractivity contribution in [2.24, 2.45) is 0 Å². The normalized spacial score (nSPS) is 10.3. The molecule has 3 aromatic carbocycles. The van der Waals surface area contributed by atoms with E-state index in [0.717, 1.165) is 12.0 Å².